The van der Waals surface area contributed by atoms with Crippen LogP contribution in [0.2, 0.25) is 0 Å². The van der Waals surface area contributed by atoms with E-state index in [1.807, 2.05) is 30.3 Å². The van der Waals surface area contributed by atoms with Gasteiger partial charge in [-0.2, -0.15) is 0 Å². The summed E-state index contributed by atoms with van der Waals surface area (Å²) in [5, 5.41) is 2.23. The van der Waals surface area contributed by atoms with E-state index in [0.29, 0.717) is 5.92 Å². The molecular formula is C15H22N3O2+. The van der Waals surface area contributed by atoms with Crippen LogP contribution in [0.4, 0.5) is 4.79 Å². The number of hydrogen-bond acceptors (Lipinski definition) is 2. The minimum absolute atomic E-state index is 0.312. The van der Waals surface area contributed by atoms with Gasteiger partial charge in [0.25, 0.3) is 5.91 Å². The van der Waals surface area contributed by atoms with Crippen molar-refractivity contribution in [2.45, 2.75) is 25.8 Å². The normalized spacial score (nSPS) is 23.9. The third kappa shape index (κ3) is 3.57. The van der Waals surface area contributed by atoms with E-state index in [0.717, 1.165) is 25.1 Å². The number of primary amides is 1. The largest absolute Gasteiger partial charge is 0.351 e. The highest BCUT2D eigenvalue weighted by atomic mass is 16.2. The molecule has 1 aliphatic heterocycles. The molecule has 0 aliphatic carbocycles. The van der Waals surface area contributed by atoms with Crippen LogP contribution in [0.3, 0.4) is 0 Å². The first-order valence-corrected chi connectivity index (χ1v) is 7.07. The molecule has 4 N–H and O–H groups in total. The molecule has 3 amide bonds. The molecule has 2 rings (SSSR count). The molecule has 1 aliphatic rings. The van der Waals surface area contributed by atoms with Crippen molar-refractivity contribution in [2.75, 3.05) is 13.1 Å². The van der Waals surface area contributed by atoms with Gasteiger partial charge in [0, 0.05) is 11.5 Å². The number of nitrogens with one attached hydrogen (secondary N) is 2. The lowest BCUT2D eigenvalue weighted by atomic mass is 9.96. The summed E-state index contributed by atoms with van der Waals surface area (Å²) in [4.78, 5) is 24.5. The van der Waals surface area contributed by atoms with Gasteiger partial charge < -0.3 is 10.6 Å². The number of piperidine rings is 1. The van der Waals surface area contributed by atoms with Gasteiger partial charge in [-0.15, -0.1) is 0 Å². The van der Waals surface area contributed by atoms with Crippen molar-refractivity contribution in [1.82, 2.24) is 5.32 Å². The average Bonchev–Trinajstić information content (AvgIpc) is 2.39. The molecule has 1 fully saturated rings. The van der Waals surface area contributed by atoms with Crippen LogP contribution < -0.4 is 16.0 Å². The van der Waals surface area contributed by atoms with Crippen molar-refractivity contribution in [3.63, 3.8) is 0 Å². The number of rotatable bonds is 3. The van der Waals surface area contributed by atoms with Crippen LogP contribution in [0.5, 0.6) is 0 Å². The first kappa shape index (κ1) is 14.5. The number of amides is 3. The highest BCUT2D eigenvalue weighted by molar-refractivity contribution is 5.96. The van der Waals surface area contributed by atoms with E-state index in [4.69, 9.17) is 5.73 Å². The molecule has 3 atom stereocenters. The SMILES string of the molecule is C[C@@H]1CCC[NH+]([C@H](C(=O)NC(N)=O)c2ccccc2)C1. The van der Waals surface area contributed by atoms with Gasteiger partial charge in [-0.25, -0.2) is 4.79 Å². The highest BCUT2D eigenvalue weighted by Crippen LogP contribution is 2.13. The Labute approximate surface area is 119 Å². The molecule has 1 heterocycles. The van der Waals surface area contributed by atoms with E-state index in [-0.39, 0.29) is 11.9 Å². The summed E-state index contributed by atoms with van der Waals surface area (Å²) in [6.07, 6.45) is 2.30. The number of likely N-dealkylation sites (tertiary alicyclic amines) is 1. The summed E-state index contributed by atoms with van der Waals surface area (Å²) in [6.45, 7) is 4.08. The third-order valence-corrected chi connectivity index (χ3v) is 3.86. The molecule has 1 unspecified atom stereocenters. The highest BCUT2D eigenvalue weighted by Gasteiger charge is 2.34. The van der Waals surface area contributed by atoms with Gasteiger partial charge in [0.05, 0.1) is 13.1 Å². The number of quaternary nitrogens is 1. The lowest BCUT2D eigenvalue weighted by Gasteiger charge is -2.33. The maximum atomic E-state index is 12.3. The second-order valence-electron chi connectivity index (χ2n) is 5.56. The minimum Gasteiger partial charge on any atom is -0.351 e. The van der Waals surface area contributed by atoms with E-state index in [1.54, 1.807) is 0 Å². The molecule has 0 spiro atoms. The first-order valence-electron chi connectivity index (χ1n) is 7.07. The summed E-state index contributed by atoms with van der Waals surface area (Å²) >= 11 is 0. The van der Waals surface area contributed by atoms with Crippen molar-refractivity contribution >= 4 is 11.9 Å². The Morgan fingerprint density at radius 2 is 2.05 bits per heavy atom. The fourth-order valence-electron chi connectivity index (χ4n) is 3.00. The Kier molecular flexibility index (Phi) is 4.74. The number of carbonyl (C=O) groups excluding carboxylic acids is 2. The number of imide groups is 1. The molecule has 1 aromatic carbocycles. The van der Waals surface area contributed by atoms with Crippen molar-refractivity contribution in [2.24, 2.45) is 11.7 Å². The monoisotopic (exact) mass is 276 g/mol. The lowest BCUT2D eigenvalue weighted by Crippen LogP contribution is -3.15. The summed E-state index contributed by atoms with van der Waals surface area (Å²) in [7, 11) is 0. The van der Waals surface area contributed by atoms with Crippen LogP contribution in [0, 0.1) is 5.92 Å². The summed E-state index contributed by atoms with van der Waals surface area (Å²) < 4.78 is 0. The number of hydrogen-bond donors (Lipinski definition) is 3. The van der Waals surface area contributed by atoms with Gasteiger partial charge in [0.1, 0.15) is 0 Å². The molecule has 1 aromatic rings. The van der Waals surface area contributed by atoms with Gasteiger partial charge in [0.15, 0.2) is 6.04 Å². The Bertz CT molecular complexity index is 475. The van der Waals surface area contributed by atoms with Gasteiger partial charge in [-0.05, 0) is 12.8 Å². The van der Waals surface area contributed by atoms with Crippen LogP contribution in [0.15, 0.2) is 30.3 Å². The number of benzene rings is 1. The van der Waals surface area contributed by atoms with Crippen LogP contribution in [-0.2, 0) is 4.79 Å². The van der Waals surface area contributed by atoms with E-state index < -0.39 is 6.03 Å². The Hall–Kier alpha value is -1.88. The fraction of sp³-hybridized carbons (Fsp3) is 0.467. The Morgan fingerprint density at radius 3 is 2.65 bits per heavy atom. The van der Waals surface area contributed by atoms with Crippen LogP contribution in [-0.4, -0.2) is 25.0 Å². The zero-order valence-corrected chi connectivity index (χ0v) is 11.8. The van der Waals surface area contributed by atoms with E-state index >= 15 is 0 Å². The van der Waals surface area contributed by atoms with Crippen molar-refractivity contribution in [3.8, 4) is 0 Å². The molecule has 20 heavy (non-hydrogen) atoms. The van der Waals surface area contributed by atoms with E-state index in [9.17, 15) is 9.59 Å². The van der Waals surface area contributed by atoms with Gasteiger partial charge >= 0.3 is 6.03 Å². The van der Waals surface area contributed by atoms with Crippen LogP contribution in [0.1, 0.15) is 31.4 Å². The van der Waals surface area contributed by atoms with Gasteiger partial charge in [-0.1, -0.05) is 37.3 Å². The maximum absolute atomic E-state index is 12.3. The molecule has 108 valence electrons. The molecule has 0 aromatic heterocycles. The lowest BCUT2D eigenvalue weighted by molar-refractivity contribution is -0.930. The number of nitrogens with two attached hydrogens (primary N) is 1. The van der Waals surface area contributed by atoms with Gasteiger partial charge in [-0.3, -0.25) is 10.1 Å². The second-order valence-corrected chi connectivity index (χ2v) is 5.56. The van der Waals surface area contributed by atoms with Crippen molar-refractivity contribution < 1.29 is 14.5 Å². The van der Waals surface area contributed by atoms with E-state index in [2.05, 4.69) is 12.2 Å². The number of urea groups is 1. The molecule has 0 radical (unpaired) electrons. The predicted octanol–water partition coefficient (Wildman–Crippen LogP) is 0.237. The molecule has 5 heteroatoms. The quantitative estimate of drug-likeness (QED) is 0.739. The Morgan fingerprint density at radius 1 is 1.35 bits per heavy atom. The topological polar surface area (TPSA) is 76.6 Å². The van der Waals surface area contributed by atoms with Crippen molar-refractivity contribution in [1.29, 1.82) is 0 Å². The third-order valence-electron chi connectivity index (χ3n) is 3.86. The summed E-state index contributed by atoms with van der Waals surface area (Å²) in [5.74, 6) is 0.277. The van der Waals surface area contributed by atoms with Gasteiger partial charge in [0.2, 0.25) is 0 Å². The standard InChI is InChI=1S/C15H21N3O2/c1-11-6-5-9-18(10-11)13(14(19)17-15(16)20)12-7-3-2-4-8-12/h2-4,7-8,11,13H,5-6,9-10H2,1H3,(H3,16,17,19,20)/p+1/t11-,13+/m1/s1. The fourth-order valence-corrected chi connectivity index (χ4v) is 3.00. The summed E-state index contributed by atoms with van der Waals surface area (Å²) in [6, 6.07) is 8.43. The molecule has 0 bridgehead atoms. The predicted molar refractivity (Wildman–Crippen MR) is 76.0 cm³/mol. The maximum Gasteiger partial charge on any atom is 0.319 e. The minimum atomic E-state index is -0.791. The Balaban J connectivity index is 2.24. The number of carbonyl (C=O) groups is 2. The molecule has 0 saturated carbocycles. The zero-order chi connectivity index (χ0) is 14.5. The zero-order valence-electron chi connectivity index (χ0n) is 11.8. The molecular weight excluding hydrogens is 254 g/mol. The second kappa shape index (κ2) is 6.52. The van der Waals surface area contributed by atoms with Crippen molar-refractivity contribution in [3.05, 3.63) is 35.9 Å². The van der Waals surface area contributed by atoms with E-state index in [1.165, 1.54) is 11.3 Å². The molecule has 5 nitrogen and oxygen atoms in total. The average molecular weight is 276 g/mol. The van der Waals surface area contributed by atoms with Crippen LogP contribution in [0.25, 0.3) is 0 Å². The van der Waals surface area contributed by atoms with Crippen LogP contribution >= 0.6 is 0 Å². The molecule has 1 saturated heterocycles. The smallest absolute Gasteiger partial charge is 0.319 e. The first-order chi connectivity index (χ1) is 9.58. The summed E-state index contributed by atoms with van der Waals surface area (Å²) in [5.41, 5.74) is 6.01.